The van der Waals surface area contributed by atoms with Crippen molar-refractivity contribution in [2.45, 2.75) is 26.2 Å². The summed E-state index contributed by atoms with van der Waals surface area (Å²) in [5, 5.41) is 21.9. The minimum absolute atomic E-state index is 0.0196. The predicted molar refractivity (Wildman–Crippen MR) is 79.3 cm³/mol. The van der Waals surface area contributed by atoms with Gasteiger partial charge in [-0.3, -0.25) is 4.79 Å². The Balaban J connectivity index is 2.53. The van der Waals surface area contributed by atoms with Crippen LogP contribution in [0, 0.1) is 0 Å². The predicted octanol–water partition coefficient (Wildman–Crippen LogP) is 3.76. The quantitative estimate of drug-likeness (QED) is 0.765. The molecule has 0 amide bonds. The largest absolute Gasteiger partial charge is 0.507 e. The number of rotatable bonds is 0. The molecule has 0 saturated heterocycles. The number of hydrogen-bond donors (Lipinski definition) is 2. The number of phenolic OH excluding ortho intramolecular Hbond substituents is 2. The standard InChI is InChI=1S/C17H16O3/c1-17(2,3)11-8-9-4-6-12(18)10-5-7-13(19)15(14(9)10)16(11)20/h4-8,18,20H,1-3H3. The minimum Gasteiger partial charge on any atom is -0.507 e. The van der Waals surface area contributed by atoms with E-state index in [-0.39, 0.29) is 22.7 Å². The lowest BCUT2D eigenvalue weighted by Gasteiger charge is -2.24. The zero-order chi connectivity index (χ0) is 14.7. The van der Waals surface area contributed by atoms with Crippen molar-refractivity contribution in [3.05, 3.63) is 41.0 Å². The number of phenols is 2. The SMILES string of the molecule is CC(C)(C)c1cc2ccc(O)c3c2c(c1O)C(=O)C=C3. The molecule has 3 nitrogen and oxygen atoms in total. The molecule has 0 aromatic heterocycles. The number of carbonyl (C=O) groups excluding carboxylic acids is 1. The van der Waals surface area contributed by atoms with Gasteiger partial charge in [0.1, 0.15) is 11.5 Å². The molecule has 0 bridgehead atoms. The molecule has 1 aliphatic rings. The van der Waals surface area contributed by atoms with E-state index in [0.717, 1.165) is 10.9 Å². The van der Waals surface area contributed by atoms with E-state index in [1.54, 1.807) is 18.2 Å². The maximum atomic E-state index is 12.2. The van der Waals surface area contributed by atoms with Crippen molar-refractivity contribution in [1.82, 2.24) is 0 Å². The van der Waals surface area contributed by atoms with Gasteiger partial charge >= 0.3 is 0 Å². The lowest BCUT2D eigenvalue weighted by atomic mass is 9.80. The number of hydrogen-bond acceptors (Lipinski definition) is 3. The molecule has 2 aromatic rings. The number of carbonyl (C=O) groups is 1. The van der Waals surface area contributed by atoms with Gasteiger partial charge in [0.05, 0.1) is 5.56 Å². The van der Waals surface area contributed by atoms with Crippen LogP contribution in [0.4, 0.5) is 0 Å². The van der Waals surface area contributed by atoms with Crippen LogP contribution < -0.4 is 0 Å². The van der Waals surface area contributed by atoms with Crippen molar-refractivity contribution in [2.24, 2.45) is 0 Å². The molecule has 3 rings (SSSR count). The highest BCUT2D eigenvalue weighted by Crippen LogP contribution is 2.43. The molecule has 0 fully saturated rings. The number of allylic oxidation sites excluding steroid dienone is 1. The van der Waals surface area contributed by atoms with Crippen molar-refractivity contribution in [3.63, 3.8) is 0 Å². The van der Waals surface area contributed by atoms with Crippen LogP contribution in [-0.4, -0.2) is 16.0 Å². The smallest absolute Gasteiger partial charge is 0.190 e. The average molecular weight is 268 g/mol. The van der Waals surface area contributed by atoms with Gasteiger partial charge in [0, 0.05) is 16.5 Å². The Labute approximate surface area is 117 Å². The van der Waals surface area contributed by atoms with E-state index >= 15 is 0 Å². The Morgan fingerprint density at radius 2 is 1.75 bits per heavy atom. The third-order valence-corrected chi connectivity index (χ3v) is 3.75. The van der Waals surface area contributed by atoms with Gasteiger partial charge in [0.25, 0.3) is 0 Å². The summed E-state index contributed by atoms with van der Waals surface area (Å²) in [5.74, 6) is -0.0895. The third-order valence-electron chi connectivity index (χ3n) is 3.75. The minimum atomic E-state index is -0.270. The Morgan fingerprint density at radius 1 is 1.05 bits per heavy atom. The van der Waals surface area contributed by atoms with E-state index in [9.17, 15) is 15.0 Å². The lowest BCUT2D eigenvalue weighted by Crippen LogP contribution is -2.14. The van der Waals surface area contributed by atoms with Crippen LogP contribution in [0.5, 0.6) is 11.5 Å². The molecule has 1 aliphatic carbocycles. The summed E-state index contributed by atoms with van der Waals surface area (Å²) >= 11 is 0. The van der Waals surface area contributed by atoms with E-state index in [1.807, 2.05) is 26.8 Å². The first-order valence-electron chi connectivity index (χ1n) is 6.55. The Morgan fingerprint density at radius 3 is 2.40 bits per heavy atom. The zero-order valence-electron chi connectivity index (χ0n) is 11.7. The molecule has 0 radical (unpaired) electrons. The van der Waals surface area contributed by atoms with E-state index in [1.165, 1.54) is 6.08 Å². The molecule has 3 heteroatoms. The summed E-state index contributed by atoms with van der Waals surface area (Å²) in [6.07, 6.45) is 2.99. The summed E-state index contributed by atoms with van der Waals surface area (Å²) in [4.78, 5) is 12.2. The van der Waals surface area contributed by atoms with Crippen LogP contribution in [0.15, 0.2) is 24.3 Å². The number of ketones is 1. The van der Waals surface area contributed by atoms with Crippen molar-refractivity contribution >= 4 is 22.6 Å². The fourth-order valence-electron chi connectivity index (χ4n) is 2.72. The van der Waals surface area contributed by atoms with Gasteiger partial charge < -0.3 is 10.2 Å². The van der Waals surface area contributed by atoms with Crippen LogP contribution in [0.1, 0.15) is 42.3 Å². The molecule has 20 heavy (non-hydrogen) atoms. The molecular formula is C17H16O3. The molecule has 0 aliphatic heterocycles. The third kappa shape index (κ3) is 1.63. The van der Waals surface area contributed by atoms with Gasteiger partial charge in [-0.1, -0.05) is 26.8 Å². The zero-order valence-corrected chi connectivity index (χ0v) is 11.7. The van der Waals surface area contributed by atoms with Crippen molar-refractivity contribution in [3.8, 4) is 11.5 Å². The first-order valence-corrected chi connectivity index (χ1v) is 6.55. The average Bonchev–Trinajstić information content (AvgIpc) is 2.35. The summed E-state index contributed by atoms with van der Waals surface area (Å²) in [7, 11) is 0. The first kappa shape index (κ1) is 12.7. The van der Waals surface area contributed by atoms with Gasteiger partial charge in [0.15, 0.2) is 5.78 Å². The molecule has 0 saturated carbocycles. The van der Waals surface area contributed by atoms with Crippen LogP contribution in [0.3, 0.4) is 0 Å². The Hall–Kier alpha value is -2.29. The first-order chi connectivity index (χ1) is 9.30. The summed E-state index contributed by atoms with van der Waals surface area (Å²) < 4.78 is 0. The Bertz CT molecular complexity index is 777. The topological polar surface area (TPSA) is 57.5 Å². The van der Waals surface area contributed by atoms with Crippen molar-refractivity contribution < 1.29 is 15.0 Å². The monoisotopic (exact) mass is 268 g/mol. The number of benzene rings is 2. The van der Waals surface area contributed by atoms with E-state index in [0.29, 0.717) is 16.5 Å². The highest BCUT2D eigenvalue weighted by Gasteiger charge is 2.27. The summed E-state index contributed by atoms with van der Waals surface area (Å²) in [6.45, 7) is 5.97. The molecule has 102 valence electrons. The van der Waals surface area contributed by atoms with E-state index < -0.39 is 0 Å². The molecule has 2 N–H and O–H groups in total. The summed E-state index contributed by atoms with van der Waals surface area (Å²) in [6, 6.07) is 5.29. The van der Waals surface area contributed by atoms with Crippen LogP contribution in [-0.2, 0) is 5.41 Å². The molecule has 0 unspecified atom stereocenters. The second-order valence-electron chi connectivity index (χ2n) is 6.19. The lowest BCUT2D eigenvalue weighted by molar-refractivity contribution is 0.104. The maximum absolute atomic E-state index is 12.2. The fraction of sp³-hybridized carbons (Fsp3) is 0.235. The van der Waals surface area contributed by atoms with Crippen LogP contribution >= 0.6 is 0 Å². The second-order valence-corrected chi connectivity index (χ2v) is 6.19. The molecular weight excluding hydrogens is 252 g/mol. The number of aromatic hydroxyl groups is 2. The van der Waals surface area contributed by atoms with Crippen molar-refractivity contribution in [1.29, 1.82) is 0 Å². The normalized spacial score (nSPS) is 14.1. The maximum Gasteiger partial charge on any atom is 0.190 e. The van der Waals surface area contributed by atoms with Crippen molar-refractivity contribution in [2.75, 3.05) is 0 Å². The molecule has 0 atom stereocenters. The Kier molecular flexibility index (Phi) is 2.45. The van der Waals surface area contributed by atoms with E-state index in [2.05, 4.69) is 0 Å². The van der Waals surface area contributed by atoms with Gasteiger partial charge in [-0.15, -0.1) is 0 Å². The van der Waals surface area contributed by atoms with Crippen LogP contribution in [0.25, 0.3) is 16.8 Å². The summed E-state index contributed by atoms with van der Waals surface area (Å²) in [5.41, 5.74) is 1.35. The van der Waals surface area contributed by atoms with Gasteiger partial charge in [0.2, 0.25) is 0 Å². The van der Waals surface area contributed by atoms with Crippen LogP contribution in [0.2, 0.25) is 0 Å². The molecule has 2 aromatic carbocycles. The van der Waals surface area contributed by atoms with Gasteiger partial charge in [-0.05, 0) is 35.1 Å². The molecule has 0 spiro atoms. The highest BCUT2D eigenvalue weighted by molar-refractivity contribution is 6.22. The van der Waals surface area contributed by atoms with Gasteiger partial charge in [-0.2, -0.15) is 0 Å². The fourth-order valence-corrected chi connectivity index (χ4v) is 2.72. The van der Waals surface area contributed by atoms with Gasteiger partial charge in [-0.25, -0.2) is 0 Å². The van der Waals surface area contributed by atoms with E-state index in [4.69, 9.17) is 0 Å². The second kappa shape index (κ2) is 3.85. The highest BCUT2D eigenvalue weighted by atomic mass is 16.3. The molecule has 0 heterocycles.